The van der Waals surface area contributed by atoms with Crippen molar-refractivity contribution < 1.29 is 4.79 Å². The molecule has 10 heteroatoms. The van der Waals surface area contributed by atoms with Crippen molar-refractivity contribution in [3.8, 4) is 0 Å². The van der Waals surface area contributed by atoms with Crippen molar-refractivity contribution in [2.75, 3.05) is 31.1 Å². The topological polar surface area (TPSA) is 49.3 Å². The molecule has 0 spiro atoms. The molecule has 162 valence electrons. The first kappa shape index (κ1) is 26.5. The Labute approximate surface area is 204 Å². The number of hydrogen-bond donors (Lipinski definition) is 0. The average molecular weight is 511 g/mol. The van der Waals surface area contributed by atoms with Gasteiger partial charge in [-0.05, 0) is 29.8 Å². The van der Waals surface area contributed by atoms with E-state index in [4.69, 9.17) is 23.2 Å². The molecule has 1 saturated heterocycles. The number of fused-ring (bicyclic) bond motifs is 1. The number of halogens is 5. The molecule has 1 fully saturated rings. The number of carbonyl (C=O) groups excluding carboxylic acids is 1. The third kappa shape index (κ3) is 5.80. The summed E-state index contributed by atoms with van der Waals surface area (Å²) in [5.74, 6) is 1.03. The molecule has 30 heavy (non-hydrogen) atoms. The van der Waals surface area contributed by atoms with E-state index in [1.807, 2.05) is 35.2 Å². The molecule has 1 aliphatic heterocycles. The highest BCUT2D eigenvalue weighted by Gasteiger charge is 2.23. The number of nitrogens with zero attached hydrogens (tertiary/aromatic N) is 4. The van der Waals surface area contributed by atoms with Gasteiger partial charge in [0.15, 0.2) is 0 Å². The van der Waals surface area contributed by atoms with Gasteiger partial charge in [0, 0.05) is 31.6 Å². The number of carbonyl (C=O) groups is 1. The molecule has 0 saturated carbocycles. The van der Waals surface area contributed by atoms with E-state index in [2.05, 4.69) is 14.9 Å². The molecule has 0 N–H and O–H groups in total. The molecule has 3 aromatic rings. The highest BCUT2D eigenvalue weighted by Crippen LogP contribution is 2.25. The van der Waals surface area contributed by atoms with E-state index in [-0.39, 0.29) is 43.1 Å². The number of rotatable bonds is 3. The number of anilines is 1. The smallest absolute Gasteiger partial charge is 0.227 e. The first-order valence-electron chi connectivity index (χ1n) is 8.78. The third-order valence-electron chi connectivity index (χ3n) is 4.79. The maximum atomic E-state index is 12.6. The van der Waals surface area contributed by atoms with Gasteiger partial charge >= 0.3 is 0 Å². The standard InChI is InChI=1S/C20H18Cl2N4O.3ClH/c21-16-6-5-14(11-17(16)22)12-19(27)25-7-9-26(10-8-25)20-15-3-1-2-4-18(15)23-13-24-20;;;/h1-6,11,13H,7-10,12H2;3*1H. The van der Waals surface area contributed by atoms with Gasteiger partial charge in [0.1, 0.15) is 12.1 Å². The van der Waals surface area contributed by atoms with Crippen molar-refractivity contribution >= 4 is 83.1 Å². The van der Waals surface area contributed by atoms with Crippen molar-refractivity contribution in [3.63, 3.8) is 0 Å². The van der Waals surface area contributed by atoms with Gasteiger partial charge in [-0.15, -0.1) is 37.2 Å². The lowest BCUT2D eigenvalue weighted by atomic mass is 10.1. The molecule has 0 radical (unpaired) electrons. The molecular formula is C20H21Cl5N4O. The highest BCUT2D eigenvalue weighted by molar-refractivity contribution is 6.42. The zero-order chi connectivity index (χ0) is 18.8. The van der Waals surface area contributed by atoms with E-state index in [0.717, 1.165) is 35.4 Å². The molecule has 0 atom stereocenters. The summed E-state index contributed by atoms with van der Waals surface area (Å²) in [6, 6.07) is 13.3. The Bertz CT molecular complexity index is 991. The molecule has 2 aromatic carbocycles. The fraction of sp³-hybridized carbons (Fsp3) is 0.250. The summed E-state index contributed by atoms with van der Waals surface area (Å²) in [6.07, 6.45) is 1.92. The van der Waals surface area contributed by atoms with Gasteiger partial charge in [0.05, 0.1) is 22.0 Å². The Morgan fingerprint density at radius 3 is 2.30 bits per heavy atom. The van der Waals surface area contributed by atoms with Crippen LogP contribution in [0.5, 0.6) is 0 Å². The molecule has 0 aliphatic carbocycles. The van der Waals surface area contributed by atoms with Crippen LogP contribution >= 0.6 is 60.4 Å². The summed E-state index contributed by atoms with van der Waals surface area (Å²) in [5, 5.41) is 2.01. The van der Waals surface area contributed by atoms with Gasteiger partial charge in [0.25, 0.3) is 0 Å². The fourth-order valence-corrected chi connectivity index (χ4v) is 3.67. The van der Waals surface area contributed by atoms with Crippen molar-refractivity contribution in [1.29, 1.82) is 0 Å². The van der Waals surface area contributed by atoms with Gasteiger partial charge in [-0.2, -0.15) is 0 Å². The summed E-state index contributed by atoms with van der Waals surface area (Å²) >= 11 is 12.0. The van der Waals surface area contributed by atoms with Crippen molar-refractivity contribution in [2.24, 2.45) is 0 Å². The lowest BCUT2D eigenvalue weighted by Crippen LogP contribution is -2.49. The Morgan fingerprint density at radius 1 is 0.900 bits per heavy atom. The molecular weight excluding hydrogens is 490 g/mol. The Hall–Kier alpha value is -1.50. The second-order valence-electron chi connectivity index (χ2n) is 6.51. The molecule has 4 rings (SSSR count). The summed E-state index contributed by atoms with van der Waals surface area (Å²) in [7, 11) is 0. The van der Waals surface area contributed by atoms with E-state index < -0.39 is 0 Å². The van der Waals surface area contributed by atoms with Crippen LogP contribution in [0.3, 0.4) is 0 Å². The second kappa shape index (κ2) is 11.8. The van der Waals surface area contributed by atoms with Crippen molar-refractivity contribution in [2.45, 2.75) is 6.42 Å². The number of piperazine rings is 1. The molecule has 1 amide bonds. The van der Waals surface area contributed by atoms with E-state index in [0.29, 0.717) is 29.6 Å². The zero-order valence-corrected chi connectivity index (χ0v) is 19.8. The predicted octanol–water partition coefficient (Wildman–Crippen LogP) is 5.09. The molecule has 5 nitrogen and oxygen atoms in total. The molecule has 0 unspecified atom stereocenters. The third-order valence-corrected chi connectivity index (χ3v) is 5.53. The van der Waals surface area contributed by atoms with Crippen LogP contribution < -0.4 is 4.90 Å². The summed E-state index contributed by atoms with van der Waals surface area (Å²) < 4.78 is 0. The van der Waals surface area contributed by atoms with E-state index in [9.17, 15) is 4.79 Å². The molecule has 1 aromatic heterocycles. The number of hydrogen-bond acceptors (Lipinski definition) is 4. The van der Waals surface area contributed by atoms with Gasteiger partial charge in [0.2, 0.25) is 5.91 Å². The zero-order valence-electron chi connectivity index (χ0n) is 15.8. The number of amides is 1. The number of benzene rings is 2. The predicted molar refractivity (Wildman–Crippen MR) is 130 cm³/mol. The monoisotopic (exact) mass is 508 g/mol. The van der Waals surface area contributed by atoms with Crippen LogP contribution in [0.2, 0.25) is 10.0 Å². The number of aromatic nitrogens is 2. The summed E-state index contributed by atoms with van der Waals surface area (Å²) in [4.78, 5) is 25.5. The van der Waals surface area contributed by atoms with Crippen LogP contribution in [-0.4, -0.2) is 47.0 Å². The van der Waals surface area contributed by atoms with Gasteiger partial charge in [-0.3, -0.25) is 4.79 Å². The lowest BCUT2D eigenvalue weighted by molar-refractivity contribution is -0.130. The SMILES string of the molecule is Cl.Cl.Cl.O=C(Cc1ccc(Cl)c(Cl)c1)N1CCN(c2ncnc3ccccc23)CC1. The van der Waals surface area contributed by atoms with E-state index >= 15 is 0 Å². The average Bonchev–Trinajstić information content (AvgIpc) is 2.70. The molecule has 1 aliphatic rings. The Morgan fingerprint density at radius 2 is 1.60 bits per heavy atom. The minimum absolute atomic E-state index is 0. The van der Waals surface area contributed by atoms with Crippen LogP contribution in [0.25, 0.3) is 10.9 Å². The van der Waals surface area contributed by atoms with E-state index in [1.165, 1.54) is 0 Å². The first-order chi connectivity index (χ1) is 13.1. The molecule has 0 bridgehead atoms. The maximum absolute atomic E-state index is 12.6. The van der Waals surface area contributed by atoms with Crippen LogP contribution in [0.1, 0.15) is 5.56 Å². The van der Waals surface area contributed by atoms with Crippen molar-refractivity contribution in [3.05, 3.63) is 64.4 Å². The van der Waals surface area contributed by atoms with Crippen molar-refractivity contribution in [1.82, 2.24) is 14.9 Å². The largest absolute Gasteiger partial charge is 0.352 e. The minimum atomic E-state index is 0. The summed E-state index contributed by atoms with van der Waals surface area (Å²) in [5.41, 5.74) is 1.80. The van der Waals surface area contributed by atoms with Gasteiger partial charge < -0.3 is 9.80 Å². The normalized spacial score (nSPS) is 13.1. The van der Waals surface area contributed by atoms with Crippen LogP contribution in [0.4, 0.5) is 5.82 Å². The minimum Gasteiger partial charge on any atom is -0.352 e. The van der Waals surface area contributed by atoms with Crippen LogP contribution in [0, 0.1) is 0 Å². The highest BCUT2D eigenvalue weighted by atomic mass is 35.5. The molecule has 2 heterocycles. The summed E-state index contributed by atoms with van der Waals surface area (Å²) in [6.45, 7) is 2.82. The Balaban J connectivity index is 0.00000150. The second-order valence-corrected chi connectivity index (χ2v) is 7.32. The first-order valence-corrected chi connectivity index (χ1v) is 9.54. The van der Waals surface area contributed by atoms with Gasteiger partial charge in [-0.1, -0.05) is 41.4 Å². The quantitative estimate of drug-likeness (QED) is 0.492. The maximum Gasteiger partial charge on any atom is 0.227 e. The fourth-order valence-electron chi connectivity index (χ4n) is 3.35. The van der Waals surface area contributed by atoms with E-state index in [1.54, 1.807) is 18.5 Å². The lowest BCUT2D eigenvalue weighted by Gasteiger charge is -2.35. The van der Waals surface area contributed by atoms with Crippen LogP contribution in [0.15, 0.2) is 48.8 Å². The Kier molecular flexibility index (Phi) is 10.4. The van der Waals surface area contributed by atoms with Crippen LogP contribution in [-0.2, 0) is 11.2 Å². The van der Waals surface area contributed by atoms with Gasteiger partial charge in [-0.25, -0.2) is 9.97 Å². The number of para-hydroxylation sites is 1.